The zero-order chi connectivity index (χ0) is 29.9. The number of aliphatic carboxylic acids is 1. The van der Waals surface area contributed by atoms with Crippen LogP contribution in [0, 0.1) is 29.6 Å². The van der Waals surface area contributed by atoms with Crippen LogP contribution in [-0.2, 0) is 9.53 Å². The maximum absolute atomic E-state index is 10.9. The number of allylic oxidation sites excluding steroid dienone is 2. The fourth-order valence-corrected chi connectivity index (χ4v) is 6.02. The SMILES string of the molecule is CCCCCCCCOC1C(CCC(C)CCCC(C)CCC/C(C)=C/CCC(C)C(=O)O)=CC(O)C(C)C1C. The summed E-state index contributed by atoms with van der Waals surface area (Å²) in [4.78, 5) is 10.9. The van der Waals surface area contributed by atoms with Gasteiger partial charge in [0.25, 0.3) is 0 Å². The Labute approximate surface area is 248 Å². The van der Waals surface area contributed by atoms with Crippen molar-refractivity contribution in [3.05, 3.63) is 23.3 Å². The average Bonchev–Trinajstić information content (AvgIpc) is 2.91. The van der Waals surface area contributed by atoms with Gasteiger partial charge < -0.3 is 14.9 Å². The lowest BCUT2D eigenvalue weighted by atomic mass is 9.76. The molecular formula is C36H66O4. The van der Waals surface area contributed by atoms with Crippen molar-refractivity contribution in [1.82, 2.24) is 0 Å². The summed E-state index contributed by atoms with van der Waals surface area (Å²) in [5.74, 6) is 1.10. The van der Waals surface area contributed by atoms with Crippen molar-refractivity contribution < 1.29 is 19.7 Å². The fourth-order valence-electron chi connectivity index (χ4n) is 6.02. The quantitative estimate of drug-likeness (QED) is 0.0960. The topological polar surface area (TPSA) is 66.8 Å². The molecule has 0 spiro atoms. The lowest BCUT2D eigenvalue weighted by Crippen LogP contribution is -2.39. The molecule has 0 aromatic rings. The molecule has 0 aliphatic heterocycles. The molecule has 0 saturated heterocycles. The molecule has 2 N–H and O–H groups in total. The van der Waals surface area contributed by atoms with Crippen molar-refractivity contribution in [2.24, 2.45) is 29.6 Å². The van der Waals surface area contributed by atoms with E-state index in [1.54, 1.807) is 6.92 Å². The maximum atomic E-state index is 10.9. The number of hydrogen-bond donors (Lipinski definition) is 2. The molecule has 40 heavy (non-hydrogen) atoms. The number of ether oxygens (including phenoxy) is 1. The third-order valence-electron chi connectivity index (χ3n) is 9.49. The highest BCUT2D eigenvalue weighted by Gasteiger charge is 2.34. The van der Waals surface area contributed by atoms with Gasteiger partial charge in [0.15, 0.2) is 0 Å². The van der Waals surface area contributed by atoms with Crippen molar-refractivity contribution in [3.63, 3.8) is 0 Å². The Hall–Kier alpha value is -1.13. The lowest BCUT2D eigenvalue weighted by molar-refractivity contribution is -0.141. The average molecular weight is 563 g/mol. The van der Waals surface area contributed by atoms with Crippen molar-refractivity contribution in [1.29, 1.82) is 0 Å². The van der Waals surface area contributed by atoms with Gasteiger partial charge in [0.2, 0.25) is 0 Å². The molecule has 0 fully saturated rings. The van der Waals surface area contributed by atoms with Gasteiger partial charge in [-0.25, -0.2) is 0 Å². The second-order valence-corrected chi connectivity index (χ2v) is 13.4. The number of carboxylic acid groups (broad SMARTS) is 1. The summed E-state index contributed by atoms with van der Waals surface area (Å²) in [6.45, 7) is 16.3. The summed E-state index contributed by atoms with van der Waals surface area (Å²) < 4.78 is 6.47. The molecule has 1 aliphatic carbocycles. The van der Waals surface area contributed by atoms with E-state index in [1.807, 2.05) is 0 Å². The summed E-state index contributed by atoms with van der Waals surface area (Å²) in [5.41, 5.74) is 2.74. The second kappa shape index (κ2) is 21.6. The highest BCUT2D eigenvalue weighted by molar-refractivity contribution is 5.69. The van der Waals surface area contributed by atoms with Gasteiger partial charge in [0.1, 0.15) is 0 Å². The summed E-state index contributed by atoms with van der Waals surface area (Å²) in [6, 6.07) is 0. The van der Waals surface area contributed by atoms with Gasteiger partial charge in [-0.3, -0.25) is 4.79 Å². The molecule has 1 rings (SSSR count). The van der Waals surface area contributed by atoms with Crippen LogP contribution in [0.25, 0.3) is 0 Å². The molecule has 0 heterocycles. The Morgan fingerprint density at radius 2 is 1.52 bits per heavy atom. The van der Waals surface area contributed by atoms with Crippen LogP contribution in [0.4, 0.5) is 0 Å². The molecule has 1 aliphatic rings. The van der Waals surface area contributed by atoms with E-state index >= 15 is 0 Å². The Balaban J connectivity index is 2.32. The standard InChI is InChI=1S/C36H66O4/c1-8-9-10-11-12-13-25-40-35-32(7)31(6)34(37)26-33(35)24-23-29(4)20-15-19-27(2)17-14-18-28(3)21-16-22-30(5)36(38)39/h21,26-27,29-32,34-35,37H,8-20,22-25H2,1-7H3,(H,38,39)/b28-21+. The summed E-state index contributed by atoms with van der Waals surface area (Å²) in [6.07, 6.45) is 23.2. The molecule has 0 aromatic carbocycles. The largest absolute Gasteiger partial charge is 0.481 e. The smallest absolute Gasteiger partial charge is 0.306 e. The number of aliphatic hydroxyl groups is 1. The van der Waals surface area contributed by atoms with E-state index in [-0.39, 0.29) is 24.0 Å². The molecule has 0 radical (unpaired) electrons. The minimum Gasteiger partial charge on any atom is -0.481 e. The lowest BCUT2D eigenvalue weighted by Gasteiger charge is -2.38. The number of carbonyl (C=O) groups is 1. The molecule has 7 unspecified atom stereocenters. The van der Waals surface area contributed by atoms with E-state index in [4.69, 9.17) is 9.84 Å². The third kappa shape index (κ3) is 15.8. The Morgan fingerprint density at radius 1 is 0.900 bits per heavy atom. The van der Waals surface area contributed by atoms with Crippen LogP contribution < -0.4 is 0 Å². The monoisotopic (exact) mass is 562 g/mol. The van der Waals surface area contributed by atoms with Gasteiger partial charge in [-0.2, -0.15) is 0 Å². The van der Waals surface area contributed by atoms with Gasteiger partial charge >= 0.3 is 5.97 Å². The first-order chi connectivity index (χ1) is 19.1. The summed E-state index contributed by atoms with van der Waals surface area (Å²) in [5, 5.41) is 19.6. The first-order valence-electron chi connectivity index (χ1n) is 16.9. The Bertz CT molecular complexity index is 726. The van der Waals surface area contributed by atoms with Gasteiger partial charge in [0.05, 0.1) is 18.1 Å². The van der Waals surface area contributed by atoms with Crippen LogP contribution in [0.2, 0.25) is 0 Å². The van der Waals surface area contributed by atoms with Crippen molar-refractivity contribution in [3.8, 4) is 0 Å². The number of carboxylic acids is 1. The van der Waals surface area contributed by atoms with Crippen molar-refractivity contribution in [2.45, 2.75) is 163 Å². The predicted octanol–water partition coefficient (Wildman–Crippen LogP) is 10.1. The van der Waals surface area contributed by atoms with Crippen molar-refractivity contribution in [2.75, 3.05) is 6.61 Å². The van der Waals surface area contributed by atoms with E-state index in [0.717, 1.165) is 44.6 Å². The first kappa shape index (κ1) is 36.9. The molecule has 7 atom stereocenters. The number of rotatable bonds is 23. The van der Waals surface area contributed by atoms with Gasteiger partial charge in [-0.05, 0) is 81.1 Å². The highest BCUT2D eigenvalue weighted by atomic mass is 16.5. The molecule has 0 saturated carbocycles. The highest BCUT2D eigenvalue weighted by Crippen LogP contribution is 2.35. The van der Waals surface area contributed by atoms with Gasteiger partial charge in [0, 0.05) is 6.61 Å². The van der Waals surface area contributed by atoms with Crippen LogP contribution >= 0.6 is 0 Å². The minimum absolute atomic E-state index is 0.166. The van der Waals surface area contributed by atoms with E-state index in [0.29, 0.717) is 11.8 Å². The molecule has 0 amide bonds. The second-order valence-electron chi connectivity index (χ2n) is 13.4. The molecule has 234 valence electrons. The Morgan fingerprint density at radius 3 is 2.20 bits per heavy atom. The van der Waals surface area contributed by atoms with E-state index in [9.17, 15) is 9.90 Å². The van der Waals surface area contributed by atoms with Crippen LogP contribution in [-0.4, -0.2) is 35.0 Å². The zero-order valence-corrected chi connectivity index (χ0v) is 27.4. The number of unbranched alkanes of at least 4 members (excludes halogenated alkanes) is 5. The summed E-state index contributed by atoms with van der Waals surface area (Å²) in [7, 11) is 0. The molecule has 4 nitrogen and oxygen atoms in total. The van der Waals surface area contributed by atoms with E-state index in [1.165, 1.54) is 81.8 Å². The normalized spacial score (nSPS) is 24.0. The van der Waals surface area contributed by atoms with Crippen LogP contribution in [0.5, 0.6) is 0 Å². The molecule has 0 aromatic heterocycles. The van der Waals surface area contributed by atoms with Crippen LogP contribution in [0.3, 0.4) is 0 Å². The van der Waals surface area contributed by atoms with Gasteiger partial charge in [-0.15, -0.1) is 0 Å². The molecule has 0 bridgehead atoms. The maximum Gasteiger partial charge on any atom is 0.306 e. The minimum atomic E-state index is -0.694. The molecular weight excluding hydrogens is 496 g/mol. The van der Waals surface area contributed by atoms with Crippen LogP contribution in [0.15, 0.2) is 23.3 Å². The molecule has 4 heteroatoms. The van der Waals surface area contributed by atoms with Crippen LogP contribution in [0.1, 0.15) is 151 Å². The zero-order valence-electron chi connectivity index (χ0n) is 27.4. The summed E-state index contributed by atoms with van der Waals surface area (Å²) >= 11 is 0. The number of hydrogen-bond acceptors (Lipinski definition) is 3. The van der Waals surface area contributed by atoms with Crippen molar-refractivity contribution >= 4 is 5.97 Å². The third-order valence-corrected chi connectivity index (χ3v) is 9.49. The predicted molar refractivity (Wildman–Crippen MR) is 171 cm³/mol. The number of aliphatic hydroxyl groups excluding tert-OH is 1. The fraction of sp³-hybridized carbons (Fsp3) is 0.861. The Kier molecular flexibility index (Phi) is 19.9. The van der Waals surface area contributed by atoms with Gasteiger partial charge in [-0.1, -0.05) is 117 Å². The van der Waals surface area contributed by atoms with E-state index in [2.05, 4.69) is 53.7 Å². The first-order valence-corrected chi connectivity index (χ1v) is 16.9. The van der Waals surface area contributed by atoms with E-state index < -0.39 is 5.97 Å².